The molecule has 0 atom stereocenters. The fourth-order valence-corrected chi connectivity index (χ4v) is 4.29. The third-order valence-electron chi connectivity index (χ3n) is 3.93. The van der Waals surface area contributed by atoms with Gasteiger partial charge in [-0.05, 0) is 72.3 Å². The second-order valence-corrected chi connectivity index (χ2v) is 8.96. The molecule has 3 rings (SSSR count). The molecule has 1 heterocycles. The maximum absolute atomic E-state index is 12.3. The molecule has 2 aromatic carbocycles. The number of benzene rings is 2. The lowest BCUT2D eigenvalue weighted by Gasteiger charge is -2.09. The molecule has 5 nitrogen and oxygen atoms in total. The summed E-state index contributed by atoms with van der Waals surface area (Å²) in [4.78, 5) is 12.3. The van der Waals surface area contributed by atoms with Crippen molar-refractivity contribution in [3.63, 3.8) is 0 Å². The lowest BCUT2D eigenvalue weighted by Crippen LogP contribution is -2.15. The molecule has 0 fully saturated rings. The van der Waals surface area contributed by atoms with Crippen LogP contribution in [0.3, 0.4) is 0 Å². The maximum Gasteiger partial charge on any atom is 0.234 e. The van der Waals surface area contributed by atoms with Crippen LogP contribution in [0, 0.1) is 10.5 Å². The monoisotopic (exact) mass is 556 g/mol. The van der Waals surface area contributed by atoms with E-state index in [4.69, 9.17) is 0 Å². The van der Waals surface area contributed by atoms with Crippen LogP contribution in [0.5, 0.6) is 0 Å². The van der Waals surface area contributed by atoms with Crippen LogP contribution in [0.25, 0.3) is 11.4 Å². The second kappa shape index (κ2) is 9.20. The Morgan fingerprint density at radius 3 is 2.63 bits per heavy atom. The molecule has 0 saturated carbocycles. The standard InChI is InChI=1S/C19H18BrIN4OS/c1-3-25-18(13-4-6-14(20)7-5-13)23-24-19(25)27-11-17(26)22-16-9-8-15(21)10-12(16)2/h4-10H,3,11H2,1-2H3,(H,22,26). The first-order valence-electron chi connectivity index (χ1n) is 8.36. The van der Waals surface area contributed by atoms with Crippen molar-refractivity contribution in [2.45, 2.75) is 25.5 Å². The molecule has 0 aliphatic heterocycles. The number of halogens is 2. The van der Waals surface area contributed by atoms with E-state index in [1.54, 1.807) is 0 Å². The Labute approximate surface area is 184 Å². The van der Waals surface area contributed by atoms with Gasteiger partial charge in [-0.1, -0.05) is 39.8 Å². The third-order valence-corrected chi connectivity index (χ3v) is 6.10. The van der Waals surface area contributed by atoms with E-state index in [0.29, 0.717) is 0 Å². The minimum absolute atomic E-state index is 0.0554. The number of carbonyl (C=O) groups is 1. The number of carbonyl (C=O) groups excluding carboxylic acids is 1. The Balaban J connectivity index is 1.69. The summed E-state index contributed by atoms with van der Waals surface area (Å²) in [6.07, 6.45) is 0. The van der Waals surface area contributed by atoms with Crippen LogP contribution in [-0.2, 0) is 11.3 Å². The number of thioether (sulfide) groups is 1. The summed E-state index contributed by atoms with van der Waals surface area (Å²) in [5.41, 5.74) is 2.89. The Morgan fingerprint density at radius 2 is 1.96 bits per heavy atom. The molecule has 0 aliphatic rings. The average molecular weight is 557 g/mol. The SMILES string of the molecule is CCn1c(SCC(=O)Nc2ccc(I)cc2C)nnc1-c1ccc(Br)cc1. The fraction of sp³-hybridized carbons (Fsp3) is 0.211. The molecule has 0 unspecified atom stereocenters. The summed E-state index contributed by atoms with van der Waals surface area (Å²) in [6, 6.07) is 13.9. The van der Waals surface area contributed by atoms with Crippen molar-refractivity contribution in [3.05, 3.63) is 56.1 Å². The number of anilines is 1. The molecule has 140 valence electrons. The van der Waals surface area contributed by atoms with Gasteiger partial charge in [-0.2, -0.15) is 0 Å². The van der Waals surface area contributed by atoms with E-state index in [1.165, 1.54) is 11.8 Å². The largest absolute Gasteiger partial charge is 0.325 e. The van der Waals surface area contributed by atoms with Crippen molar-refractivity contribution in [1.82, 2.24) is 14.8 Å². The van der Waals surface area contributed by atoms with Gasteiger partial charge in [-0.15, -0.1) is 10.2 Å². The highest BCUT2D eigenvalue weighted by atomic mass is 127. The summed E-state index contributed by atoms with van der Waals surface area (Å²) in [5, 5.41) is 12.3. The molecule has 0 bridgehead atoms. The minimum Gasteiger partial charge on any atom is -0.325 e. The van der Waals surface area contributed by atoms with Crippen LogP contribution in [0.2, 0.25) is 0 Å². The Bertz CT molecular complexity index is 959. The van der Waals surface area contributed by atoms with Gasteiger partial charge in [0.25, 0.3) is 0 Å². The van der Waals surface area contributed by atoms with Crippen molar-refractivity contribution in [3.8, 4) is 11.4 Å². The highest BCUT2D eigenvalue weighted by Crippen LogP contribution is 2.25. The summed E-state index contributed by atoms with van der Waals surface area (Å²) in [6.45, 7) is 4.77. The van der Waals surface area contributed by atoms with Gasteiger partial charge in [0.2, 0.25) is 5.91 Å². The Hall–Kier alpha value is -1.39. The molecular weight excluding hydrogens is 539 g/mol. The molecule has 27 heavy (non-hydrogen) atoms. The zero-order chi connectivity index (χ0) is 19.4. The smallest absolute Gasteiger partial charge is 0.234 e. The first-order chi connectivity index (χ1) is 13.0. The van der Waals surface area contributed by atoms with Gasteiger partial charge in [-0.3, -0.25) is 4.79 Å². The number of aromatic nitrogens is 3. The van der Waals surface area contributed by atoms with E-state index in [9.17, 15) is 4.79 Å². The molecule has 1 N–H and O–H groups in total. The molecule has 1 aromatic heterocycles. The Morgan fingerprint density at radius 1 is 1.22 bits per heavy atom. The zero-order valence-corrected chi connectivity index (χ0v) is 19.4. The normalized spacial score (nSPS) is 10.8. The average Bonchev–Trinajstić information content (AvgIpc) is 3.06. The number of nitrogens with zero attached hydrogens (tertiary/aromatic N) is 3. The summed E-state index contributed by atoms with van der Waals surface area (Å²) >= 11 is 7.10. The van der Waals surface area contributed by atoms with E-state index in [0.717, 1.165) is 42.4 Å². The molecule has 0 saturated heterocycles. The predicted octanol–water partition coefficient (Wildman–Crippen LogP) is 5.37. The van der Waals surface area contributed by atoms with E-state index < -0.39 is 0 Å². The van der Waals surface area contributed by atoms with Crippen molar-refractivity contribution in [2.75, 3.05) is 11.1 Å². The molecule has 1 amide bonds. The third kappa shape index (κ3) is 5.11. The molecule has 0 radical (unpaired) electrons. The van der Waals surface area contributed by atoms with Gasteiger partial charge in [0, 0.05) is 25.8 Å². The summed E-state index contributed by atoms with van der Waals surface area (Å²) in [5.74, 6) is 1.03. The van der Waals surface area contributed by atoms with Gasteiger partial charge < -0.3 is 9.88 Å². The predicted molar refractivity (Wildman–Crippen MR) is 122 cm³/mol. The van der Waals surface area contributed by atoms with E-state index in [2.05, 4.69) is 54.0 Å². The van der Waals surface area contributed by atoms with Crippen LogP contribution in [0.4, 0.5) is 5.69 Å². The van der Waals surface area contributed by atoms with Gasteiger partial charge in [0.1, 0.15) is 0 Å². The highest BCUT2D eigenvalue weighted by Gasteiger charge is 2.15. The number of rotatable bonds is 6. The lowest BCUT2D eigenvalue weighted by molar-refractivity contribution is -0.113. The lowest BCUT2D eigenvalue weighted by atomic mass is 10.2. The topological polar surface area (TPSA) is 59.8 Å². The van der Waals surface area contributed by atoms with E-state index in [1.807, 2.05) is 60.9 Å². The molecule has 3 aromatic rings. The van der Waals surface area contributed by atoms with Gasteiger partial charge in [-0.25, -0.2) is 0 Å². The van der Waals surface area contributed by atoms with Gasteiger partial charge >= 0.3 is 0 Å². The molecular formula is C19H18BrIN4OS. The van der Waals surface area contributed by atoms with Crippen LogP contribution < -0.4 is 5.32 Å². The molecule has 0 aliphatic carbocycles. The number of hydrogen-bond acceptors (Lipinski definition) is 4. The highest BCUT2D eigenvalue weighted by molar-refractivity contribution is 14.1. The van der Waals surface area contributed by atoms with Crippen molar-refractivity contribution in [1.29, 1.82) is 0 Å². The first kappa shape index (κ1) is 20.3. The quantitative estimate of drug-likeness (QED) is 0.327. The van der Waals surface area contributed by atoms with E-state index in [-0.39, 0.29) is 11.7 Å². The fourth-order valence-electron chi connectivity index (χ4n) is 2.58. The number of aryl methyl sites for hydroxylation is 1. The van der Waals surface area contributed by atoms with Crippen molar-refractivity contribution in [2.24, 2.45) is 0 Å². The number of amides is 1. The number of hydrogen-bond donors (Lipinski definition) is 1. The molecule has 0 spiro atoms. The second-order valence-electron chi connectivity index (χ2n) is 5.85. The first-order valence-corrected chi connectivity index (χ1v) is 11.2. The van der Waals surface area contributed by atoms with Crippen LogP contribution >= 0.6 is 50.3 Å². The van der Waals surface area contributed by atoms with Crippen LogP contribution in [0.15, 0.2) is 52.1 Å². The van der Waals surface area contributed by atoms with Gasteiger partial charge in [0.15, 0.2) is 11.0 Å². The van der Waals surface area contributed by atoms with E-state index >= 15 is 0 Å². The number of nitrogens with one attached hydrogen (secondary N) is 1. The minimum atomic E-state index is -0.0554. The van der Waals surface area contributed by atoms with Crippen LogP contribution in [-0.4, -0.2) is 26.4 Å². The summed E-state index contributed by atoms with van der Waals surface area (Å²) < 4.78 is 4.19. The van der Waals surface area contributed by atoms with Crippen molar-refractivity contribution >= 4 is 61.9 Å². The van der Waals surface area contributed by atoms with Crippen molar-refractivity contribution < 1.29 is 4.79 Å². The van der Waals surface area contributed by atoms with Crippen LogP contribution in [0.1, 0.15) is 12.5 Å². The zero-order valence-electron chi connectivity index (χ0n) is 14.9. The Kier molecular flexibility index (Phi) is 6.93. The molecule has 8 heteroatoms. The maximum atomic E-state index is 12.3. The van der Waals surface area contributed by atoms with Gasteiger partial charge in [0.05, 0.1) is 5.75 Å². The summed E-state index contributed by atoms with van der Waals surface area (Å²) in [7, 11) is 0.